The second-order valence-electron chi connectivity index (χ2n) is 4.38. The molecule has 0 heterocycles. The monoisotopic (exact) mass is 375 g/mol. The predicted octanol–water partition coefficient (Wildman–Crippen LogP) is 4.58. The van der Waals surface area contributed by atoms with Crippen molar-refractivity contribution in [1.82, 2.24) is 0 Å². The number of rotatable bonds is 4. The molecule has 0 fully saturated rings. The Balaban J connectivity index is 1.94. The first kappa shape index (κ1) is 17.5. The molecule has 0 aliphatic rings. The first-order valence-electron chi connectivity index (χ1n) is 6.24. The molecular weight excluding hydrogens is 368 g/mol. The van der Waals surface area contributed by atoms with E-state index in [1.807, 2.05) is 0 Å². The van der Waals surface area contributed by atoms with E-state index >= 15 is 0 Å². The fourth-order valence-electron chi connectivity index (χ4n) is 1.62. The van der Waals surface area contributed by atoms with E-state index in [0.29, 0.717) is 5.02 Å². The molecule has 0 aliphatic carbocycles. The first-order valence-corrected chi connectivity index (χ1v) is 7.37. The summed E-state index contributed by atoms with van der Waals surface area (Å²) in [6.45, 7) is -0.564. The molecule has 0 bridgehead atoms. The number of ether oxygens (including phenoxy) is 1. The number of carbonyl (C=O) groups excluding carboxylic acids is 2. The summed E-state index contributed by atoms with van der Waals surface area (Å²) < 4.78 is 17.9. The number of amides is 1. The molecule has 0 radical (unpaired) electrons. The summed E-state index contributed by atoms with van der Waals surface area (Å²) in [4.78, 5) is 23.5. The molecular formula is C15H9Cl3FNO3. The summed E-state index contributed by atoms with van der Waals surface area (Å²) >= 11 is 17.3. The van der Waals surface area contributed by atoms with Gasteiger partial charge in [0, 0.05) is 0 Å². The topological polar surface area (TPSA) is 55.4 Å². The van der Waals surface area contributed by atoms with Crippen LogP contribution >= 0.6 is 34.8 Å². The zero-order valence-corrected chi connectivity index (χ0v) is 13.7. The van der Waals surface area contributed by atoms with Crippen LogP contribution in [0.4, 0.5) is 10.1 Å². The number of esters is 1. The van der Waals surface area contributed by atoms with Gasteiger partial charge in [-0.1, -0.05) is 34.8 Å². The van der Waals surface area contributed by atoms with Gasteiger partial charge in [0.25, 0.3) is 5.91 Å². The maximum absolute atomic E-state index is 13.1. The van der Waals surface area contributed by atoms with Gasteiger partial charge in [-0.3, -0.25) is 4.79 Å². The quantitative estimate of drug-likeness (QED) is 0.795. The van der Waals surface area contributed by atoms with E-state index in [-0.39, 0.29) is 21.3 Å². The number of hydrogen-bond donors (Lipinski definition) is 1. The highest BCUT2D eigenvalue weighted by molar-refractivity contribution is 6.42. The zero-order valence-electron chi connectivity index (χ0n) is 11.4. The Morgan fingerprint density at radius 2 is 1.70 bits per heavy atom. The van der Waals surface area contributed by atoms with Gasteiger partial charge in [-0.2, -0.15) is 0 Å². The first-order chi connectivity index (χ1) is 10.9. The molecule has 0 spiro atoms. The molecule has 2 aromatic rings. The number of hydrogen-bond acceptors (Lipinski definition) is 3. The van der Waals surface area contributed by atoms with E-state index in [9.17, 15) is 14.0 Å². The van der Waals surface area contributed by atoms with Crippen LogP contribution in [0.25, 0.3) is 0 Å². The molecule has 1 amide bonds. The van der Waals surface area contributed by atoms with E-state index < -0.39 is 24.3 Å². The Hall–Kier alpha value is -1.82. The molecule has 1 N–H and O–H groups in total. The van der Waals surface area contributed by atoms with Gasteiger partial charge in [-0.15, -0.1) is 0 Å². The average molecular weight is 377 g/mol. The molecule has 0 unspecified atom stereocenters. The van der Waals surface area contributed by atoms with Crippen LogP contribution in [0.15, 0.2) is 36.4 Å². The lowest BCUT2D eigenvalue weighted by atomic mass is 10.2. The van der Waals surface area contributed by atoms with Crippen LogP contribution in [0.5, 0.6) is 0 Å². The van der Waals surface area contributed by atoms with Crippen molar-refractivity contribution >= 4 is 52.4 Å². The van der Waals surface area contributed by atoms with E-state index in [1.165, 1.54) is 24.3 Å². The van der Waals surface area contributed by atoms with Gasteiger partial charge in [0.1, 0.15) is 5.82 Å². The van der Waals surface area contributed by atoms with Crippen LogP contribution in [0.2, 0.25) is 15.1 Å². The van der Waals surface area contributed by atoms with Crippen molar-refractivity contribution < 1.29 is 18.7 Å². The molecule has 0 atom stereocenters. The van der Waals surface area contributed by atoms with Crippen molar-refractivity contribution in [2.45, 2.75) is 0 Å². The van der Waals surface area contributed by atoms with Crippen LogP contribution < -0.4 is 5.32 Å². The molecule has 0 saturated carbocycles. The summed E-state index contributed by atoms with van der Waals surface area (Å²) in [5, 5.41) is 2.99. The van der Waals surface area contributed by atoms with Crippen molar-refractivity contribution in [1.29, 1.82) is 0 Å². The van der Waals surface area contributed by atoms with E-state index in [2.05, 4.69) is 5.32 Å². The number of halogens is 4. The lowest BCUT2D eigenvalue weighted by Gasteiger charge is -2.08. The molecule has 120 valence electrons. The second-order valence-corrected chi connectivity index (χ2v) is 5.60. The third kappa shape index (κ3) is 4.82. The largest absolute Gasteiger partial charge is 0.452 e. The van der Waals surface area contributed by atoms with Crippen molar-refractivity contribution in [2.24, 2.45) is 0 Å². The van der Waals surface area contributed by atoms with Crippen molar-refractivity contribution in [3.8, 4) is 0 Å². The van der Waals surface area contributed by atoms with Crippen LogP contribution in [0.3, 0.4) is 0 Å². The minimum absolute atomic E-state index is 0.0854. The highest BCUT2D eigenvalue weighted by Gasteiger charge is 2.13. The number of anilines is 1. The average Bonchev–Trinajstić information content (AvgIpc) is 2.51. The van der Waals surface area contributed by atoms with Crippen LogP contribution in [-0.4, -0.2) is 18.5 Å². The Labute approximate surface area is 146 Å². The summed E-state index contributed by atoms with van der Waals surface area (Å²) in [7, 11) is 0. The van der Waals surface area contributed by atoms with Crippen molar-refractivity contribution in [3.05, 3.63) is 62.8 Å². The molecule has 0 saturated heterocycles. The predicted molar refractivity (Wildman–Crippen MR) is 86.8 cm³/mol. The zero-order chi connectivity index (χ0) is 17.0. The fraction of sp³-hybridized carbons (Fsp3) is 0.0667. The summed E-state index contributed by atoms with van der Waals surface area (Å²) in [6.07, 6.45) is 0. The lowest BCUT2D eigenvalue weighted by Crippen LogP contribution is -2.21. The number of carbonyl (C=O) groups is 2. The van der Waals surface area contributed by atoms with Crippen LogP contribution in [0, 0.1) is 5.82 Å². The highest BCUT2D eigenvalue weighted by atomic mass is 35.5. The SMILES string of the molecule is O=C(COC(=O)c1ccc(Cl)c(Cl)c1)Nc1cc(F)ccc1Cl. The molecule has 0 aliphatic heterocycles. The number of nitrogens with one attached hydrogen (secondary N) is 1. The van der Waals surface area contributed by atoms with Crippen LogP contribution in [-0.2, 0) is 9.53 Å². The van der Waals surface area contributed by atoms with Crippen LogP contribution in [0.1, 0.15) is 10.4 Å². The van der Waals surface area contributed by atoms with Gasteiger partial charge in [0.05, 0.1) is 26.3 Å². The Morgan fingerprint density at radius 1 is 1.00 bits per heavy atom. The number of benzene rings is 2. The third-order valence-corrected chi connectivity index (χ3v) is 3.76. The summed E-state index contributed by atoms with van der Waals surface area (Å²) in [6, 6.07) is 7.69. The minimum atomic E-state index is -0.746. The third-order valence-electron chi connectivity index (χ3n) is 2.69. The van der Waals surface area contributed by atoms with Gasteiger partial charge >= 0.3 is 5.97 Å². The normalized spacial score (nSPS) is 10.3. The maximum Gasteiger partial charge on any atom is 0.338 e. The van der Waals surface area contributed by atoms with Gasteiger partial charge in [0.2, 0.25) is 0 Å². The molecule has 2 rings (SSSR count). The Morgan fingerprint density at radius 3 is 2.39 bits per heavy atom. The second kappa shape index (κ2) is 7.64. The fourth-order valence-corrected chi connectivity index (χ4v) is 2.08. The minimum Gasteiger partial charge on any atom is -0.452 e. The van der Waals surface area contributed by atoms with Crippen molar-refractivity contribution in [3.63, 3.8) is 0 Å². The van der Waals surface area contributed by atoms with E-state index in [4.69, 9.17) is 39.5 Å². The van der Waals surface area contributed by atoms with E-state index in [0.717, 1.165) is 12.1 Å². The maximum atomic E-state index is 13.1. The summed E-state index contributed by atoms with van der Waals surface area (Å²) in [5.74, 6) is -1.97. The van der Waals surface area contributed by atoms with Gasteiger partial charge in [-0.05, 0) is 36.4 Å². The standard InChI is InChI=1S/C15H9Cl3FNO3/c16-10-3-1-8(5-12(10)18)15(22)23-7-14(21)20-13-6-9(19)2-4-11(13)17/h1-6H,7H2,(H,20,21). The Bertz CT molecular complexity index is 768. The highest BCUT2D eigenvalue weighted by Crippen LogP contribution is 2.23. The molecule has 2 aromatic carbocycles. The molecule has 4 nitrogen and oxygen atoms in total. The van der Waals surface area contributed by atoms with Gasteiger partial charge < -0.3 is 10.1 Å². The Kier molecular flexibility index (Phi) is 5.82. The van der Waals surface area contributed by atoms with E-state index in [1.54, 1.807) is 0 Å². The molecule has 0 aromatic heterocycles. The van der Waals surface area contributed by atoms with Gasteiger partial charge in [0.15, 0.2) is 6.61 Å². The summed E-state index contributed by atoms with van der Waals surface area (Å²) in [5.41, 5.74) is 0.234. The molecule has 23 heavy (non-hydrogen) atoms. The molecule has 8 heteroatoms. The van der Waals surface area contributed by atoms with Gasteiger partial charge in [-0.25, -0.2) is 9.18 Å². The van der Waals surface area contributed by atoms with Crippen molar-refractivity contribution in [2.75, 3.05) is 11.9 Å². The smallest absolute Gasteiger partial charge is 0.338 e. The lowest BCUT2D eigenvalue weighted by molar-refractivity contribution is -0.119.